The van der Waals surface area contributed by atoms with Crippen molar-refractivity contribution in [1.82, 2.24) is 9.97 Å². The highest BCUT2D eigenvalue weighted by Crippen LogP contribution is 2.26. The van der Waals surface area contributed by atoms with Crippen LogP contribution in [0.4, 0.5) is 11.6 Å². The first-order chi connectivity index (χ1) is 8.72. The van der Waals surface area contributed by atoms with Crippen LogP contribution in [0, 0.1) is 12.8 Å². The molecule has 0 bridgehead atoms. The minimum absolute atomic E-state index is 0.838. The van der Waals surface area contributed by atoms with Crippen molar-refractivity contribution in [1.29, 1.82) is 0 Å². The molecule has 1 saturated heterocycles. The zero-order chi connectivity index (χ0) is 13.0. The molecular weight excluding hydrogens is 224 g/mol. The zero-order valence-electron chi connectivity index (χ0n) is 11.7. The van der Waals surface area contributed by atoms with Crippen molar-refractivity contribution in [3.05, 3.63) is 11.9 Å². The van der Waals surface area contributed by atoms with Gasteiger partial charge in [-0.3, -0.25) is 0 Å². The van der Waals surface area contributed by atoms with Gasteiger partial charge in [0.25, 0.3) is 0 Å². The molecule has 1 atom stereocenters. The first-order valence-electron chi connectivity index (χ1n) is 7.02. The summed E-state index contributed by atoms with van der Waals surface area (Å²) in [5.74, 6) is 2.92. The molecule has 0 amide bonds. The topological polar surface area (TPSA) is 41.1 Å². The maximum Gasteiger partial charge on any atom is 0.137 e. The summed E-state index contributed by atoms with van der Waals surface area (Å²) >= 11 is 0. The Labute approximate surface area is 110 Å². The third kappa shape index (κ3) is 2.92. The molecule has 1 aromatic rings. The van der Waals surface area contributed by atoms with Crippen molar-refractivity contribution in [3.63, 3.8) is 0 Å². The van der Waals surface area contributed by atoms with Gasteiger partial charge in [-0.15, -0.1) is 0 Å². The Hall–Kier alpha value is -1.32. The van der Waals surface area contributed by atoms with Gasteiger partial charge in [0.2, 0.25) is 0 Å². The molecule has 4 nitrogen and oxygen atoms in total. The molecule has 1 aromatic heterocycles. The summed E-state index contributed by atoms with van der Waals surface area (Å²) in [6.45, 7) is 9.68. The predicted molar refractivity (Wildman–Crippen MR) is 76.2 cm³/mol. The largest absolute Gasteiger partial charge is 0.370 e. The lowest BCUT2D eigenvalue weighted by atomic mass is 10.0. The molecule has 4 heteroatoms. The van der Waals surface area contributed by atoms with E-state index < -0.39 is 0 Å². The van der Waals surface area contributed by atoms with E-state index in [1.165, 1.54) is 24.8 Å². The van der Waals surface area contributed by atoms with Crippen LogP contribution in [0.2, 0.25) is 0 Å². The third-order valence-corrected chi connectivity index (χ3v) is 3.72. The van der Waals surface area contributed by atoms with Gasteiger partial charge < -0.3 is 10.2 Å². The number of rotatable bonds is 3. The number of hydrogen-bond donors (Lipinski definition) is 1. The van der Waals surface area contributed by atoms with Crippen LogP contribution in [0.3, 0.4) is 0 Å². The van der Waals surface area contributed by atoms with Crippen molar-refractivity contribution in [3.8, 4) is 0 Å². The molecule has 0 aliphatic carbocycles. The third-order valence-electron chi connectivity index (χ3n) is 3.72. The molecule has 2 rings (SSSR count). The van der Waals surface area contributed by atoms with E-state index in [9.17, 15) is 0 Å². The molecule has 1 unspecified atom stereocenters. The first kappa shape index (κ1) is 13.1. The van der Waals surface area contributed by atoms with Gasteiger partial charge in [-0.1, -0.05) is 6.92 Å². The fourth-order valence-electron chi connectivity index (χ4n) is 2.58. The Morgan fingerprint density at radius 3 is 2.94 bits per heavy atom. The molecule has 2 heterocycles. The van der Waals surface area contributed by atoms with Crippen LogP contribution >= 0.6 is 0 Å². The van der Waals surface area contributed by atoms with Crippen molar-refractivity contribution < 1.29 is 0 Å². The van der Waals surface area contributed by atoms with Crippen molar-refractivity contribution >= 4 is 11.6 Å². The van der Waals surface area contributed by atoms with Gasteiger partial charge in [0.15, 0.2) is 0 Å². The van der Waals surface area contributed by atoms with Gasteiger partial charge in [0.05, 0.1) is 0 Å². The average Bonchev–Trinajstić information content (AvgIpc) is 2.57. The number of aromatic nitrogens is 2. The Kier molecular flexibility index (Phi) is 4.39. The highest BCUT2D eigenvalue weighted by Gasteiger charge is 2.18. The smallest absolute Gasteiger partial charge is 0.137 e. The Morgan fingerprint density at radius 2 is 2.17 bits per heavy atom. The van der Waals surface area contributed by atoms with Gasteiger partial charge in [0, 0.05) is 25.2 Å². The highest BCUT2D eigenvalue weighted by molar-refractivity contribution is 5.57. The molecule has 100 valence electrons. The summed E-state index contributed by atoms with van der Waals surface area (Å²) in [5.41, 5.74) is 1.17. The van der Waals surface area contributed by atoms with E-state index in [4.69, 9.17) is 0 Å². The van der Waals surface area contributed by atoms with Crippen molar-refractivity contribution in [2.24, 2.45) is 5.92 Å². The lowest BCUT2D eigenvalue weighted by Gasteiger charge is -2.24. The standard InChI is InChI=1S/C14H24N4/c1-4-15-13-12(3)14(17-10-16-13)18-8-5-6-11(2)7-9-18/h10-11H,4-9H2,1-3H3,(H,15,16,17). The van der Waals surface area contributed by atoms with Gasteiger partial charge >= 0.3 is 0 Å². The van der Waals surface area contributed by atoms with Crippen LogP contribution in [0.5, 0.6) is 0 Å². The first-order valence-corrected chi connectivity index (χ1v) is 7.02. The van der Waals surface area contributed by atoms with E-state index in [1.54, 1.807) is 6.33 Å². The normalized spacial score (nSPS) is 20.6. The minimum Gasteiger partial charge on any atom is -0.370 e. The van der Waals surface area contributed by atoms with Crippen LogP contribution in [0.25, 0.3) is 0 Å². The van der Waals surface area contributed by atoms with E-state index in [0.717, 1.165) is 37.2 Å². The summed E-state index contributed by atoms with van der Waals surface area (Å²) in [6, 6.07) is 0. The molecule has 0 aromatic carbocycles. The Balaban J connectivity index is 2.19. The predicted octanol–water partition coefficient (Wildman–Crippen LogP) is 2.84. The lowest BCUT2D eigenvalue weighted by molar-refractivity contribution is 0.521. The maximum absolute atomic E-state index is 4.49. The summed E-state index contributed by atoms with van der Waals surface area (Å²) in [5, 5.41) is 3.30. The van der Waals surface area contributed by atoms with E-state index in [1.807, 2.05) is 0 Å². The maximum atomic E-state index is 4.49. The fraction of sp³-hybridized carbons (Fsp3) is 0.714. The molecule has 1 aliphatic rings. The molecule has 1 fully saturated rings. The van der Waals surface area contributed by atoms with Crippen LogP contribution < -0.4 is 10.2 Å². The monoisotopic (exact) mass is 248 g/mol. The summed E-state index contributed by atoms with van der Waals surface area (Å²) in [6.07, 6.45) is 5.54. The van der Waals surface area contributed by atoms with Crippen LogP contribution in [-0.4, -0.2) is 29.6 Å². The fourth-order valence-corrected chi connectivity index (χ4v) is 2.58. The number of hydrogen-bond acceptors (Lipinski definition) is 4. The summed E-state index contributed by atoms with van der Waals surface area (Å²) in [4.78, 5) is 11.2. The second-order valence-electron chi connectivity index (χ2n) is 5.22. The molecule has 1 N–H and O–H groups in total. The zero-order valence-corrected chi connectivity index (χ0v) is 11.7. The molecule has 0 radical (unpaired) electrons. The van der Waals surface area contributed by atoms with E-state index in [2.05, 4.69) is 41.0 Å². The number of nitrogens with one attached hydrogen (secondary N) is 1. The summed E-state index contributed by atoms with van der Waals surface area (Å²) in [7, 11) is 0. The average molecular weight is 248 g/mol. The summed E-state index contributed by atoms with van der Waals surface area (Å²) < 4.78 is 0. The molecule has 0 spiro atoms. The SMILES string of the molecule is CCNc1ncnc(N2CCCC(C)CC2)c1C. The number of anilines is 2. The molecular formula is C14H24N4. The lowest BCUT2D eigenvalue weighted by Crippen LogP contribution is -2.26. The second kappa shape index (κ2) is 6.03. The van der Waals surface area contributed by atoms with Gasteiger partial charge in [-0.2, -0.15) is 0 Å². The van der Waals surface area contributed by atoms with Crippen LogP contribution in [-0.2, 0) is 0 Å². The van der Waals surface area contributed by atoms with Gasteiger partial charge in [-0.05, 0) is 39.0 Å². The van der Waals surface area contributed by atoms with E-state index in [0.29, 0.717) is 0 Å². The molecule has 0 saturated carbocycles. The van der Waals surface area contributed by atoms with Crippen molar-refractivity contribution in [2.45, 2.75) is 40.0 Å². The Bertz CT molecular complexity index is 391. The molecule has 1 aliphatic heterocycles. The van der Waals surface area contributed by atoms with Crippen molar-refractivity contribution in [2.75, 3.05) is 29.9 Å². The van der Waals surface area contributed by atoms with Gasteiger partial charge in [-0.25, -0.2) is 9.97 Å². The second-order valence-corrected chi connectivity index (χ2v) is 5.22. The quantitative estimate of drug-likeness (QED) is 0.893. The molecule has 18 heavy (non-hydrogen) atoms. The Morgan fingerprint density at radius 1 is 1.33 bits per heavy atom. The van der Waals surface area contributed by atoms with Crippen LogP contribution in [0.1, 0.15) is 38.7 Å². The van der Waals surface area contributed by atoms with E-state index >= 15 is 0 Å². The minimum atomic E-state index is 0.838. The van der Waals surface area contributed by atoms with Crippen LogP contribution in [0.15, 0.2) is 6.33 Å². The number of nitrogens with zero attached hydrogens (tertiary/aromatic N) is 3. The van der Waals surface area contributed by atoms with E-state index in [-0.39, 0.29) is 0 Å². The highest BCUT2D eigenvalue weighted by atomic mass is 15.2. The van der Waals surface area contributed by atoms with Gasteiger partial charge in [0.1, 0.15) is 18.0 Å².